The predicted octanol–water partition coefficient (Wildman–Crippen LogP) is 22.9. The molecule has 1 unspecified atom stereocenters. The van der Waals surface area contributed by atoms with Crippen LogP contribution in [0.2, 0.25) is 0 Å². The van der Waals surface area contributed by atoms with Gasteiger partial charge in [-0.3, -0.25) is 14.4 Å². The second-order valence-electron chi connectivity index (χ2n) is 21.3. The molecule has 0 aromatic heterocycles. The van der Waals surface area contributed by atoms with E-state index < -0.39 is 6.10 Å². The number of carbonyl (C=O) groups is 3. The lowest BCUT2D eigenvalue weighted by atomic mass is 10.1. The van der Waals surface area contributed by atoms with Crippen LogP contribution in [0.5, 0.6) is 0 Å². The molecule has 0 aliphatic carbocycles. The van der Waals surface area contributed by atoms with Crippen LogP contribution in [0.25, 0.3) is 0 Å². The Morgan fingerprint density at radius 1 is 0.259 bits per heavy atom. The van der Waals surface area contributed by atoms with Crippen molar-refractivity contribution in [2.45, 2.75) is 284 Å². The zero-order valence-electron chi connectivity index (χ0n) is 52.2. The van der Waals surface area contributed by atoms with Gasteiger partial charge in [-0.25, -0.2) is 0 Å². The van der Waals surface area contributed by atoms with Crippen molar-refractivity contribution in [1.29, 1.82) is 0 Å². The molecule has 0 N–H and O–H groups in total. The summed E-state index contributed by atoms with van der Waals surface area (Å²) in [6, 6.07) is 0. The maximum absolute atomic E-state index is 12.9. The number of allylic oxidation sites excluding steroid dienone is 26. The van der Waals surface area contributed by atoms with Crippen LogP contribution in [0, 0.1) is 0 Å². The Balaban J connectivity index is 4.53. The Morgan fingerprint density at radius 2 is 0.481 bits per heavy atom. The van der Waals surface area contributed by atoms with E-state index in [4.69, 9.17) is 14.2 Å². The zero-order chi connectivity index (χ0) is 58.5. The van der Waals surface area contributed by atoms with Gasteiger partial charge in [0.2, 0.25) is 0 Å². The molecule has 0 spiro atoms. The molecule has 0 aliphatic rings. The first-order valence-electron chi connectivity index (χ1n) is 33.0. The SMILES string of the molecule is CC/C=C\C/C=C\C/C=C\C/C=C\C/C=C\C/C=C\CCCCCCC(=O)OCC(COC(=O)CCCCCCCC/C=C\C/C=C\C/C=C\C/C=C\CC)OC(=O)CCCCCCCC/C=C\C/C=C\C/C=C\CCCCCCC. The van der Waals surface area contributed by atoms with Gasteiger partial charge >= 0.3 is 17.9 Å². The minimum Gasteiger partial charge on any atom is -0.462 e. The zero-order valence-corrected chi connectivity index (χ0v) is 52.2. The Bertz CT molecular complexity index is 1810. The van der Waals surface area contributed by atoms with Crippen molar-refractivity contribution in [3.8, 4) is 0 Å². The number of unbranched alkanes of at least 4 members (excludes halogenated alkanes) is 21. The highest BCUT2D eigenvalue weighted by atomic mass is 16.6. The first-order valence-corrected chi connectivity index (χ1v) is 33.0. The molecule has 0 heterocycles. The second-order valence-corrected chi connectivity index (χ2v) is 21.3. The van der Waals surface area contributed by atoms with E-state index in [0.717, 1.165) is 173 Å². The van der Waals surface area contributed by atoms with Crippen molar-refractivity contribution in [3.05, 3.63) is 158 Å². The molecule has 456 valence electrons. The predicted molar refractivity (Wildman–Crippen MR) is 352 cm³/mol. The van der Waals surface area contributed by atoms with Crippen molar-refractivity contribution in [1.82, 2.24) is 0 Å². The fraction of sp³-hybridized carbons (Fsp3) is 0.613. The third-order valence-corrected chi connectivity index (χ3v) is 13.5. The van der Waals surface area contributed by atoms with Crippen LogP contribution < -0.4 is 0 Å². The number of carbonyl (C=O) groups excluding carboxylic acids is 3. The molecule has 81 heavy (non-hydrogen) atoms. The molecule has 0 rings (SSSR count). The Hall–Kier alpha value is -4.97. The third kappa shape index (κ3) is 65.7. The minimum absolute atomic E-state index is 0.106. The van der Waals surface area contributed by atoms with E-state index in [9.17, 15) is 14.4 Å². The van der Waals surface area contributed by atoms with E-state index in [1.165, 1.54) is 64.2 Å². The maximum Gasteiger partial charge on any atom is 0.306 e. The van der Waals surface area contributed by atoms with Crippen molar-refractivity contribution in [2.24, 2.45) is 0 Å². The Morgan fingerprint density at radius 3 is 0.753 bits per heavy atom. The average molecular weight is 1120 g/mol. The Labute approximate surface area is 499 Å². The summed E-state index contributed by atoms with van der Waals surface area (Å²) in [7, 11) is 0. The first kappa shape index (κ1) is 76.0. The summed E-state index contributed by atoms with van der Waals surface area (Å²) in [5.41, 5.74) is 0. The smallest absolute Gasteiger partial charge is 0.306 e. The fourth-order valence-corrected chi connectivity index (χ4v) is 8.62. The molecule has 0 aromatic carbocycles. The lowest BCUT2D eigenvalue weighted by molar-refractivity contribution is -0.167. The van der Waals surface area contributed by atoms with Gasteiger partial charge < -0.3 is 14.2 Å². The van der Waals surface area contributed by atoms with Crippen molar-refractivity contribution in [3.63, 3.8) is 0 Å². The van der Waals surface area contributed by atoms with Crippen LogP contribution >= 0.6 is 0 Å². The number of rotatable bonds is 58. The van der Waals surface area contributed by atoms with E-state index in [-0.39, 0.29) is 31.1 Å². The lowest BCUT2D eigenvalue weighted by Gasteiger charge is -2.18. The van der Waals surface area contributed by atoms with Gasteiger partial charge in [0.05, 0.1) is 0 Å². The van der Waals surface area contributed by atoms with Crippen molar-refractivity contribution >= 4 is 17.9 Å². The topological polar surface area (TPSA) is 78.9 Å². The average Bonchev–Trinajstić information content (AvgIpc) is 3.47. The highest BCUT2D eigenvalue weighted by Gasteiger charge is 2.19. The van der Waals surface area contributed by atoms with Crippen LogP contribution in [-0.2, 0) is 28.6 Å². The van der Waals surface area contributed by atoms with E-state index >= 15 is 0 Å². The fourth-order valence-electron chi connectivity index (χ4n) is 8.62. The third-order valence-electron chi connectivity index (χ3n) is 13.5. The van der Waals surface area contributed by atoms with Crippen molar-refractivity contribution < 1.29 is 28.6 Å². The highest BCUT2D eigenvalue weighted by molar-refractivity contribution is 5.71. The first-order chi connectivity index (χ1) is 40.0. The summed E-state index contributed by atoms with van der Waals surface area (Å²) in [6.45, 7) is 6.36. The molecule has 6 nitrogen and oxygen atoms in total. The highest BCUT2D eigenvalue weighted by Crippen LogP contribution is 2.14. The molecule has 0 saturated carbocycles. The standard InChI is InChI=1S/C75H120O6/c1-4-7-10-13-16-19-22-25-28-31-34-36-37-39-41-44-47-50-53-56-59-62-65-68-74(77)80-71-72(70-79-73(76)67-64-61-58-55-52-49-46-43-40-33-30-27-24-21-18-15-12-9-6-3)81-75(78)69-66-63-60-57-54-51-48-45-42-38-35-32-29-26-23-20-17-14-11-8-5-2/h7,9-10,12,16,18-19,21,23,25-28,30,32,34-36,39-43,45,47,50,72H,4-6,8,11,13-15,17,20,22,24,29,31,33,37-38,44,46,48-49,51-71H2,1-3H3/b10-7-,12-9-,19-16-,21-18-,26-23-,28-25-,30-27-,35-32-,36-34-,41-39-,43-40-,45-42-,50-47-. The summed E-state index contributed by atoms with van der Waals surface area (Å²) in [6.07, 6.45) is 98.1. The summed E-state index contributed by atoms with van der Waals surface area (Å²) >= 11 is 0. The summed E-state index contributed by atoms with van der Waals surface area (Å²) in [4.78, 5) is 38.4. The van der Waals surface area contributed by atoms with Gasteiger partial charge in [0.25, 0.3) is 0 Å². The van der Waals surface area contributed by atoms with Gasteiger partial charge in [0.15, 0.2) is 6.10 Å². The van der Waals surface area contributed by atoms with Crippen LogP contribution in [0.15, 0.2) is 158 Å². The summed E-state index contributed by atoms with van der Waals surface area (Å²) < 4.78 is 16.9. The molecule has 1 atom stereocenters. The quantitative estimate of drug-likeness (QED) is 0.0261. The van der Waals surface area contributed by atoms with E-state index in [1.54, 1.807) is 0 Å². The van der Waals surface area contributed by atoms with Gasteiger partial charge in [-0.1, -0.05) is 269 Å². The molecular weight excluding hydrogens is 997 g/mol. The normalized spacial score (nSPS) is 13.2. The molecule has 0 radical (unpaired) electrons. The van der Waals surface area contributed by atoms with Gasteiger partial charge in [-0.2, -0.15) is 0 Å². The minimum atomic E-state index is -0.813. The monoisotopic (exact) mass is 1120 g/mol. The lowest BCUT2D eigenvalue weighted by Crippen LogP contribution is -2.30. The molecule has 0 amide bonds. The molecule has 0 fully saturated rings. The largest absolute Gasteiger partial charge is 0.462 e. The van der Waals surface area contributed by atoms with Crippen LogP contribution in [0.1, 0.15) is 278 Å². The van der Waals surface area contributed by atoms with Gasteiger partial charge in [0, 0.05) is 19.3 Å². The molecule has 0 saturated heterocycles. The molecule has 0 bridgehead atoms. The number of hydrogen-bond donors (Lipinski definition) is 0. The molecule has 0 aromatic rings. The van der Waals surface area contributed by atoms with E-state index in [0.29, 0.717) is 19.3 Å². The van der Waals surface area contributed by atoms with E-state index in [2.05, 4.69) is 179 Å². The van der Waals surface area contributed by atoms with Crippen LogP contribution in [-0.4, -0.2) is 37.2 Å². The van der Waals surface area contributed by atoms with Crippen molar-refractivity contribution in [2.75, 3.05) is 13.2 Å². The van der Waals surface area contributed by atoms with Gasteiger partial charge in [-0.05, 0) is 148 Å². The summed E-state index contributed by atoms with van der Waals surface area (Å²) in [5, 5.41) is 0. The van der Waals surface area contributed by atoms with E-state index in [1.807, 2.05) is 0 Å². The Kier molecular flexibility index (Phi) is 63.4. The van der Waals surface area contributed by atoms with Gasteiger partial charge in [-0.15, -0.1) is 0 Å². The number of ether oxygens (including phenoxy) is 3. The summed E-state index contributed by atoms with van der Waals surface area (Å²) in [5.74, 6) is -0.957. The second kappa shape index (κ2) is 67.5. The molecule has 0 aliphatic heterocycles. The molecular formula is C75H120O6. The number of esters is 3. The van der Waals surface area contributed by atoms with Crippen LogP contribution in [0.4, 0.5) is 0 Å². The molecule has 6 heteroatoms. The number of hydrogen-bond acceptors (Lipinski definition) is 6. The van der Waals surface area contributed by atoms with Crippen LogP contribution in [0.3, 0.4) is 0 Å². The van der Waals surface area contributed by atoms with Gasteiger partial charge in [0.1, 0.15) is 13.2 Å². The maximum atomic E-state index is 12.9.